The molecule has 11 aromatic rings. The summed E-state index contributed by atoms with van der Waals surface area (Å²) in [5.41, 5.74) is 14.0. The van der Waals surface area contributed by atoms with E-state index in [2.05, 4.69) is 139 Å². The SMILES string of the molecule is CC(C)(C)c1cc(-n2c(-c3ccccc3O)nc3c(-c4cc(F)cc(-c5cc(-c6cc(F)cc(-c7cccc8c7nc(-c7ccccc7O)n8-c7cc(C(C)(C)C)cc(C(C)(C)C)c7)c6)ncn5)c4)cccc32)cc(C(C)(C)C)c1. The highest BCUT2D eigenvalue weighted by molar-refractivity contribution is 5.98. The van der Waals surface area contributed by atoms with Gasteiger partial charge in [-0.05, 0) is 158 Å². The summed E-state index contributed by atoms with van der Waals surface area (Å²) in [6.07, 6.45) is 1.41. The molecule has 10 heteroatoms. The fourth-order valence-corrected chi connectivity index (χ4v) is 10.5. The third-order valence-corrected chi connectivity index (χ3v) is 15.2. The lowest BCUT2D eigenvalue weighted by atomic mass is 9.80. The number of fused-ring (bicyclic) bond motifs is 2. The van der Waals surface area contributed by atoms with E-state index in [4.69, 9.17) is 9.97 Å². The molecule has 0 aliphatic heterocycles. The maximum Gasteiger partial charge on any atom is 0.149 e. The van der Waals surface area contributed by atoms with Crippen molar-refractivity contribution in [1.29, 1.82) is 0 Å². The Morgan fingerprint density at radius 2 is 0.700 bits per heavy atom. The Labute approximate surface area is 467 Å². The summed E-state index contributed by atoms with van der Waals surface area (Å²) >= 11 is 0. The van der Waals surface area contributed by atoms with Gasteiger partial charge in [-0.15, -0.1) is 0 Å². The van der Waals surface area contributed by atoms with Gasteiger partial charge >= 0.3 is 0 Å². The smallest absolute Gasteiger partial charge is 0.149 e. The van der Waals surface area contributed by atoms with Gasteiger partial charge in [-0.25, -0.2) is 28.7 Å². The first-order valence-corrected chi connectivity index (χ1v) is 27.2. The number of aromatic hydroxyl groups is 2. The van der Waals surface area contributed by atoms with Crippen molar-refractivity contribution in [3.8, 4) is 90.4 Å². The number of benzene rings is 8. The number of halogens is 2. The summed E-state index contributed by atoms with van der Waals surface area (Å²) in [6.45, 7) is 26.4. The van der Waals surface area contributed by atoms with Gasteiger partial charge in [-0.2, -0.15) is 0 Å². The molecule has 0 saturated heterocycles. The van der Waals surface area contributed by atoms with Crippen molar-refractivity contribution >= 4 is 22.1 Å². The van der Waals surface area contributed by atoms with Crippen molar-refractivity contribution in [3.05, 3.63) is 204 Å². The topological polar surface area (TPSA) is 102 Å². The first kappa shape index (κ1) is 53.3. The van der Waals surface area contributed by atoms with Crippen LogP contribution in [0.3, 0.4) is 0 Å². The van der Waals surface area contributed by atoms with E-state index in [1.54, 1.807) is 30.3 Å². The Morgan fingerprint density at radius 3 is 1.05 bits per heavy atom. The Hall–Kier alpha value is -8.76. The maximum absolute atomic E-state index is 16.3. The molecule has 0 aliphatic rings. The lowest BCUT2D eigenvalue weighted by Gasteiger charge is -2.27. The molecule has 3 heterocycles. The molecule has 0 unspecified atom stereocenters. The van der Waals surface area contributed by atoms with Gasteiger partial charge in [0.15, 0.2) is 0 Å². The molecule has 8 aromatic carbocycles. The normalized spacial score (nSPS) is 12.5. The zero-order valence-electron chi connectivity index (χ0n) is 47.5. The summed E-state index contributed by atoms with van der Waals surface area (Å²) < 4.78 is 36.7. The number of aromatic nitrogens is 6. The van der Waals surface area contributed by atoms with Crippen LogP contribution in [0.2, 0.25) is 0 Å². The van der Waals surface area contributed by atoms with Crippen LogP contribution in [0.4, 0.5) is 8.78 Å². The van der Waals surface area contributed by atoms with Crippen molar-refractivity contribution in [3.63, 3.8) is 0 Å². The zero-order chi connectivity index (χ0) is 56.8. The molecule has 0 bridgehead atoms. The van der Waals surface area contributed by atoms with Crippen LogP contribution in [0.1, 0.15) is 105 Å². The summed E-state index contributed by atoms with van der Waals surface area (Å²) in [5.74, 6) is 0.307. The van der Waals surface area contributed by atoms with Gasteiger partial charge in [0.05, 0.1) is 44.6 Å². The quantitative estimate of drug-likeness (QED) is 0.157. The largest absolute Gasteiger partial charge is 0.507 e. The molecule has 0 amide bonds. The van der Waals surface area contributed by atoms with Crippen molar-refractivity contribution in [2.24, 2.45) is 0 Å². The van der Waals surface area contributed by atoms with E-state index < -0.39 is 11.6 Å². The van der Waals surface area contributed by atoms with E-state index in [1.165, 1.54) is 30.6 Å². The predicted octanol–water partition coefficient (Wildman–Crippen LogP) is 18.0. The third-order valence-electron chi connectivity index (χ3n) is 15.2. The molecule has 80 heavy (non-hydrogen) atoms. The Morgan fingerprint density at radius 1 is 0.362 bits per heavy atom. The molecule has 0 saturated carbocycles. The molecule has 402 valence electrons. The minimum Gasteiger partial charge on any atom is -0.507 e. The van der Waals surface area contributed by atoms with Crippen LogP contribution in [0.5, 0.6) is 11.5 Å². The van der Waals surface area contributed by atoms with Gasteiger partial charge < -0.3 is 10.2 Å². The van der Waals surface area contributed by atoms with Crippen LogP contribution in [0, 0.1) is 11.6 Å². The van der Waals surface area contributed by atoms with Crippen molar-refractivity contribution in [2.45, 2.75) is 105 Å². The monoisotopic (exact) mass is 1060 g/mol. The second kappa shape index (κ2) is 19.6. The number of imidazole rings is 2. The van der Waals surface area contributed by atoms with Crippen LogP contribution < -0.4 is 0 Å². The van der Waals surface area contributed by atoms with Gasteiger partial charge in [0.25, 0.3) is 0 Å². The van der Waals surface area contributed by atoms with Crippen molar-refractivity contribution in [1.82, 2.24) is 29.1 Å². The Bertz CT molecular complexity index is 3900. The minimum atomic E-state index is -0.480. The van der Waals surface area contributed by atoms with Crippen molar-refractivity contribution < 1.29 is 19.0 Å². The van der Waals surface area contributed by atoms with Gasteiger partial charge in [0.2, 0.25) is 0 Å². The lowest BCUT2D eigenvalue weighted by molar-refractivity contribution is 0.476. The first-order chi connectivity index (χ1) is 37.8. The van der Waals surface area contributed by atoms with Crippen LogP contribution in [-0.4, -0.2) is 39.3 Å². The van der Waals surface area contributed by atoms with Crippen molar-refractivity contribution in [2.75, 3.05) is 0 Å². The molecule has 2 N–H and O–H groups in total. The zero-order valence-corrected chi connectivity index (χ0v) is 47.5. The van der Waals surface area contributed by atoms with Crippen LogP contribution in [-0.2, 0) is 21.7 Å². The molecule has 0 fully saturated rings. The van der Waals surface area contributed by atoms with Gasteiger partial charge in [-0.1, -0.05) is 144 Å². The number of hydrogen-bond acceptors (Lipinski definition) is 6. The minimum absolute atomic E-state index is 0.0883. The van der Waals surface area contributed by atoms with Gasteiger partial charge in [0, 0.05) is 33.6 Å². The summed E-state index contributed by atoms with van der Waals surface area (Å²) in [5, 5.41) is 22.7. The standard InChI is InChI=1S/C70H66F2N6O2/c1-67(2,3)45-33-46(68(4,5)6)36-51(35-45)77-59-23-17-21-53(63(59)75-65(77)55-19-13-15-25-61(55)79)41-27-43(31-49(71)29-41)57-39-58(74-40-73-57)44-28-42(30-50(72)32-44)54-22-18-24-60-64(54)76-66(56-20-14-16-26-62(56)80)78(60)52-37-47(69(7,8)9)34-48(38-52)70(10,11)12/h13-40,79-80H,1-12H3. The van der Waals surface area contributed by atoms with E-state index in [1.807, 2.05) is 72.8 Å². The summed E-state index contributed by atoms with van der Waals surface area (Å²) in [7, 11) is 0. The fraction of sp³-hybridized carbons (Fsp3) is 0.229. The average Bonchev–Trinajstić information content (AvgIpc) is 4.23. The van der Waals surface area contributed by atoms with Gasteiger partial charge in [-0.3, -0.25) is 9.13 Å². The number of phenols is 2. The second-order valence-electron chi connectivity index (χ2n) is 25.2. The third kappa shape index (κ3) is 10.0. The molecular weight excluding hydrogens is 995 g/mol. The van der Waals surface area contributed by atoms with E-state index in [-0.39, 0.29) is 33.2 Å². The second-order valence-corrected chi connectivity index (χ2v) is 25.2. The first-order valence-electron chi connectivity index (χ1n) is 27.2. The molecule has 11 rings (SSSR count). The molecule has 0 atom stereocenters. The maximum atomic E-state index is 16.3. The average molecular weight is 1060 g/mol. The molecular formula is C70H66F2N6O2. The summed E-state index contributed by atoms with van der Waals surface area (Å²) in [4.78, 5) is 19.9. The van der Waals surface area contributed by atoms with E-state index in [0.29, 0.717) is 78.6 Å². The number of hydrogen-bond donors (Lipinski definition) is 2. The number of nitrogens with zero attached hydrogens (tertiary/aromatic N) is 6. The highest BCUT2D eigenvalue weighted by Gasteiger charge is 2.28. The highest BCUT2D eigenvalue weighted by atomic mass is 19.1. The van der Waals surface area contributed by atoms with Crippen LogP contribution >= 0.6 is 0 Å². The predicted molar refractivity (Wildman–Crippen MR) is 322 cm³/mol. The Kier molecular flexibility index (Phi) is 13.0. The molecule has 3 aromatic heterocycles. The molecule has 8 nitrogen and oxygen atoms in total. The van der Waals surface area contributed by atoms with Crippen LogP contribution in [0.25, 0.3) is 101 Å². The highest BCUT2D eigenvalue weighted by Crippen LogP contribution is 2.43. The lowest BCUT2D eigenvalue weighted by Crippen LogP contribution is -2.17. The molecule has 0 radical (unpaired) electrons. The molecule has 0 spiro atoms. The number of phenolic OH excluding ortho intramolecular Hbond substituents is 2. The fourth-order valence-electron chi connectivity index (χ4n) is 10.5. The van der Waals surface area contributed by atoms with Gasteiger partial charge in [0.1, 0.15) is 41.1 Å². The Balaban J connectivity index is 1.03. The summed E-state index contributed by atoms with van der Waals surface area (Å²) in [6, 6.07) is 50.8. The molecule has 0 aliphatic carbocycles. The number of rotatable bonds is 8. The number of para-hydroxylation sites is 4. The van der Waals surface area contributed by atoms with E-state index in [0.717, 1.165) is 44.7 Å². The van der Waals surface area contributed by atoms with E-state index >= 15 is 8.78 Å². The van der Waals surface area contributed by atoms with Crippen LogP contribution in [0.15, 0.2) is 170 Å². The van der Waals surface area contributed by atoms with E-state index in [9.17, 15) is 10.2 Å².